The van der Waals surface area contributed by atoms with Gasteiger partial charge in [0.2, 0.25) is 0 Å². The number of aromatic nitrogens is 1. The van der Waals surface area contributed by atoms with Crippen molar-refractivity contribution in [3.63, 3.8) is 0 Å². The van der Waals surface area contributed by atoms with Crippen LogP contribution in [0.2, 0.25) is 10.0 Å². The largest absolute Gasteiger partial charge is 0.352 e. The van der Waals surface area contributed by atoms with Gasteiger partial charge in [-0.05, 0) is 55.4 Å². The van der Waals surface area contributed by atoms with Crippen LogP contribution in [0, 0.1) is 13.8 Å². The Morgan fingerprint density at radius 3 is 2.71 bits per heavy atom. The van der Waals surface area contributed by atoms with E-state index in [9.17, 15) is 4.79 Å². The summed E-state index contributed by atoms with van der Waals surface area (Å²) in [5.41, 5.74) is 3.80. The third-order valence-corrected chi connectivity index (χ3v) is 5.62. The molecule has 0 bridgehead atoms. The van der Waals surface area contributed by atoms with Gasteiger partial charge in [0.15, 0.2) is 5.17 Å². The third-order valence-electron chi connectivity index (χ3n) is 3.91. The highest BCUT2D eigenvalue weighted by atomic mass is 35.5. The number of aryl methyl sites for hydroxylation is 1. The lowest BCUT2D eigenvalue weighted by Crippen LogP contribution is -2.19. The van der Waals surface area contributed by atoms with Gasteiger partial charge >= 0.3 is 0 Å². The van der Waals surface area contributed by atoms with Gasteiger partial charge in [0.1, 0.15) is 0 Å². The summed E-state index contributed by atoms with van der Waals surface area (Å²) in [5, 5.41) is 4.04. The number of hydrogen-bond donors (Lipinski definition) is 1. The number of thioether (sulfide) groups is 1. The van der Waals surface area contributed by atoms with Crippen LogP contribution in [0.25, 0.3) is 6.08 Å². The number of nitrogens with one attached hydrogen (secondary N) is 1. The molecule has 1 N–H and O–H groups in total. The number of halogens is 2. The molecule has 1 aromatic carbocycles. The van der Waals surface area contributed by atoms with Crippen LogP contribution >= 0.6 is 35.0 Å². The summed E-state index contributed by atoms with van der Waals surface area (Å²) in [6, 6.07) is 7.27. The molecule has 2 heterocycles. The number of amides is 1. The Hall–Kier alpha value is -1.69. The first-order valence-electron chi connectivity index (χ1n) is 7.23. The van der Waals surface area contributed by atoms with Crippen molar-refractivity contribution in [2.75, 3.05) is 0 Å². The average Bonchev–Trinajstić information content (AvgIpc) is 2.99. The molecule has 124 valence electrons. The molecular weight excluding hydrogens is 365 g/mol. The van der Waals surface area contributed by atoms with Crippen molar-refractivity contribution < 1.29 is 4.79 Å². The maximum atomic E-state index is 12.2. The Kier molecular flexibility index (Phi) is 4.76. The summed E-state index contributed by atoms with van der Waals surface area (Å²) in [6.07, 6.45) is 1.88. The van der Waals surface area contributed by atoms with E-state index < -0.39 is 0 Å². The minimum absolute atomic E-state index is 0.169. The van der Waals surface area contributed by atoms with Crippen LogP contribution in [0.5, 0.6) is 0 Å². The maximum Gasteiger partial charge on any atom is 0.264 e. The molecule has 4 nitrogen and oxygen atoms in total. The Balaban J connectivity index is 1.91. The average molecular weight is 380 g/mol. The lowest BCUT2D eigenvalue weighted by Gasteiger charge is -2.01. The molecule has 1 aromatic heterocycles. The monoisotopic (exact) mass is 379 g/mol. The van der Waals surface area contributed by atoms with E-state index >= 15 is 0 Å². The Morgan fingerprint density at radius 2 is 2.04 bits per heavy atom. The zero-order valence-corrected chi connectivity index (χ0v) is 15.7. The quantitative estimate of drug-likeness (QED) is 0.758. The molecule has 3 rings (SSSR count). The van der Waals surface area contributed by atoms with Crippen molar-refractivity contribution in [3.8, 4) is 0 Å². The highest BCUT2D eigenvalue weighted by molar-refractivity contribution is 8.18. The zero-order chi connectivity index (χ0) is 17.4. The van der Waals surface area contributed by atoms with Crippen molar-refractivity contribution >= 4 is 57.8 Å². The van der Waals surface area contributed by atoms with Gasteiger partial charge in [-0.2, -0.15) is 0 Å². The standard InChI is InChI=1S/C17H15Cl2N3OS/c1-9-7-11(10(2)22(9)3)8-14-16(23)21-17(24-14)20-13-6-4-5-12(18)15(13)19/h4-8H,1-3H3,(H,20,21,23)/b14-8-. The number of amidine groups is 1. The number of carbonyl (C=O) groups is 1. The number of aliphatic imine (C=N–C) groups is 1. The predicted octanol–water partition coefficient (Wildman–Crippen LogP) is 4.84. The van der Waals surface area contributed by atoms with E-state index in [1.54, 1.807) is 18.2 Å². The van der Waals surface area contributed by atoms with Crippen molar-refractivity contribution in [3.05, 3.63) is 56.2 Å². The molecule has 0 atom stereocenters. The second-order valence-electron chi connectivity index (χ2n) is 5.44. The Labute approximate surface area is 154 Å². The summed E-state index contributed by atoms with van der Waals surface area (Å²) in [4.78, 5) is 17.2. The fraction of sp³-hybridized carbons (Fsp3) is 0.176. The van der Waals surface area contributed by atoms with Gasteiger partial charge in [0.05, 0.1) is 20.6 Å². The number of rotatable bonds is 2. The van der Waals surface area contributed by atoms with E-state index in [1.165, 1.54) is 11.8 Å². The highest BCUT2D eigenvalue weighted by Crippen LogP contribution is 2.34. The van der Waals surface area contributed by atoms with E-state index in [1.807, 2.05) is 27.0 Å². The second kappa shape index (κ2) is 6.67. The molecule has 7 heteroatoms. The van der Waals surface area contributed by atoms with Gasteiger partial charge in [-0.3, -0.25) is 4.79 Å². The van der Waals surface area contributed by atoms with E-state index in [0.717, 1.165) is 17.0 Å². The number of hydrogen-bond acceptors (Lipinski definition) is 3. The first kappa shape index (κ1) is 17.1. The Morgan fingerprint density at radius 1 is 1.29 bits per heavy atom. The smallest absolute Gasteiger partial charge is 0.264 e. The van der Waals surface area contributed by atoms with E-state index in [2.05, 4.69) is 20.9 Å². The van der Waals surface area contributed by atoms with Crippen LogP contribution < -0.4 is 5.32 Å². The van der Waals surface area contributed by atoms with Crippen molar-refractivity contribution in [2.45, 2.75) is 13.8 Å². The van der Waals surface area contributed by atoms with Crippen LogP contribution in [0.3, 0.4) is 0 Å². The number of benzene rings is 1. The van der Waals surface area contributed by atoms with Crippen LogP contribution in [0.15, 0.2) is 34.2 Å². The van der Waals surface area contributed by atoms with Gasteiger partial charge in [-0.1, -0.05) is 29.3 Å². The molecule has 0 radical (unpaired) electrons. The van der Waals surface area contributed by atoms with E-state index in [-0.39, 0.29) is 5.91 Å². The first-order chi connectivity index (χ1) is 11.4. The highest BCUT2D eigenvalue weighted by Gasteiger charge is 2.24. The van der Waals surface area contributed by atoms with Gasteiger partial charge < -0.3 is 9.88 Å². The summed E-state index contributed by atoms with van der Waals surface area (Å²) < 4.78 is 2.09. The van der Waals surface area contributed by atoms with Crippen molar-refractivity contribution in [1.29, 1.82) is 0 Å². The fourth-order valence-electron chi connectivity index (χ4n) is 2.34. The van der Waals surface area contributed by atoms with Gasteiger partial charge in [-0.15, -0.1) is 0 Å². The van der Waals surface area contributed by atoms with Gasteiger partial charge in [0, 0.05) is 18.4 Å². The molecule has 2 aromatic rings. The SMILES string of the molecule is Cc1cc(/C=C2\SC(=Nc3cccc(Cl)c3Cl)NC2=O)c(C)n1C. The minimum atomic E-state index is -0.169. The molecule has 1 amide bonds. The molecule has 1 aliphatic rings. The molecule has 1 saturated heterocycles. The van der Waals surface area contributed by atoms with Crippen LogP contribution in [-0.2, 0) is 11.8 Å². The molecule has 0 unspecified atom stereocenters. The van der Waals surface area contributed by atoms with Gasteiger partial charge in [-0.25, -0.2) is 4.99 Å². The molecule has 0 saturated carbocycles. The molecular formula is C17H15Cl2N3OS. The molecule has 0 aliphatic carbocycles. The predicted molar refractivity (Wildman–Crippen MR) is 102 cm³/mol. The molecule has 1 fully saturated rings. The van der Waals surface area contributed by atoms with Crippen LogP contribution in [0.1, 0.15) is 17.0 Å². The topological polar surface area (TPSA) is 46.4 Å². The molecule has 1 aliphatic heterocycles. The van der Waals surface area contributed by atoms with Crippen LogP contribution in [0.4, 0.5) is 5.69 Å². The normalized spacial score (nSPS) is 17.8. The molecule has 24 heavy (non-hydrogen) atoms. The fourth-order valence-corrected chi connectivity index (χ4v) is 3.50. The lowest BCUT2D eigenvalue weighted by molar-refractivity contribution is -0.115. The third kappa shape index (κ3) is 3.24. The summed E-state index contributed by atoms with van der Waals surface area (Å²) in [6.45, 7) is 4.06. The first-order valence-corrected chi connectivity index (χ1v) is 8.80. The van der Waals surface area contributed by atoms with E-state index in [0.29, 0.717) is 25.8 Å². The second-order valence-corrected chi connectivity index (χ2v) is 7.26. The zero-order valence-electron chi connectivity index (χ0n) is 13.4. The maximum absolute atomic E-state index is 12.2. The summed E-state index contributed by atoms with van der Waals surface area (Å²) in [5.74, 6) is -0.169. The van der Waals surface area contributed by atoms with Crippen molar-refractivity contribution in [2.24, 2.45) is 12.0 Å². The summed E-state index contributed by atoms with van der Waals surface area (Å²) in [7, 11) is 2.00. The van der Waals surface area contributed by atoms with Crippen molar-refractivity contribution in [1.82, 2.24) is 9.88 Å². The lowest BCUT2D eigenvalue weighted by atomic mass is 10.2. The summed E-state index contributed by atoms with van der Waals surface area (Å²) >= 11 is 13.4. The molecule has 0 spiro atoms. The Bertz CT molecular complexity index is 899. The number of nitrogens with zero attached hydrogens (tertiary/aromatic N) is 2. The minimum Gasteiger partial charge on any atom is -0.352 e. The number of carbonyl (C=O) groups excluding carboxylic acids is 1. The van der Waals surface area contributed by atoms with Gasteiger partial charge in [0.25, 0.3) is 5.91 Å². The van der Waals surface area contributed by atoms with E-state index in [4.69, 9.17) is 23.2 Å². The van der Waals surface area contributed by atoms with Crippen LogP contribution in [-0.4, -0.2) is 15.6 Å².